The van der Waals surface area contributed by atoms with E-state index in [-0.39, 0.29) is 0 Å². The fourth-order valence-electron chi connectivity index (χ4n) is 0. The van der Waals surface area contributed by atoms with E-state index in [4.69, 9.17) is 19.4 Å². The molecule has 0 bridgehead atoms. The Kier molecular flexibility index (Phi) is 27.9. The van der Waals surface area contributed by atoms with Crippen LogP contribution in [0.1, 0.15) is 13.8 Å². The second kappa shape index (κ2) is 16.4. The van der Waals surface area contributed by atoms with Crippen LogP contribution < -0.4 is 0 Å². The minimum absolute atomic E-state index is 0.931. The molecule has 0 aliphatic rings. The summed E-state index contributed by atoms with van der Waals surface area (Å²) >= 11 is -0.931. The molecule has 0 amide bonds. The summed E-state index contributed by atoms with van der Waals surface area (Å²) in [5.74, 6) is 0. The van der Waals surface area contributed by atoms with Crippen molar-refractivity contribution in [2.45, 2.75) is 13.8 Å². The summed E-state index contributed by atoms with van der Waals surface area (Å²) in [6.07, 6.45) is 2.00. The molecule has 0 saturated carbocycles. The molecule has 0 aliphatic heterocycles. The van der Waals surface area contributed by atoms with Crippen molar-refractivity contribution >= 4 is 19.4 Å². The molecule has 0 aromatic carbocycles. The summed E-state index contributed by atoms with van der Waals surface area (Å²) in [6, 6.07) is 0. The first-order chi connectivity index (χ1) is 2.83. The molecule has 0 saturated heterocycles. The van der Waals surface area contributed by atoms with Gasteiger partial charge in [-0.25, -0.2) is 0 Å². The van der Waals surface area contributed by atoms with Gasteiger partial charge >= 0.3 is 34.5 Å². The Labute approximate surface area is 54.9 Å². The summed E-state index contributed by atoms with van der Waals surface area (Å²) in [7, 11) is 9.90. The average molecular weight is 179 g/mol. The van der Waals surface area contributed by atoms with Gasteiger partial charge < -0.3 is 0 Å². The van der Waals surface area contributed by atoms with E-state index in [0.717, 1.165) is 0 Å². The monoisotopic (exact) mass is 177 g/mol. The molecule has 0 heterocycles. The standard InChI is InChI=1S/C3H7.2ClH.Zn/c1-3-2;;;/h3H,1-2H3;2*1H;/q;;;+2/p-2. The van der Waals surface area contributed by atoms with Gasteiger partial charge in [0.1, 0.15) is 0 Å². The van der Waals surface area contributed by atoms with Crippen LogP contribution in [0.4, 0.5) is 0 Å². The van der Waals surface area contributed by atoms with Gasteiger partial charge in [0.2, 0.25) is 0 Å². The molecule has 0 fully saturated rings. The first kappa shape index (κ1) is 10.2. The van der Waals surface area contributed by atoms with E-state index >= 15 is 0 Å². The number of hydrogen-bond acceptors (Lipinski definition) is 0. The fraction of sp³-hybridized carbons (Fsp3) is 0.667. The van der Waals surface area contributed by atoms with E-state index in [1.807, 2.05) is 20.3 Å². The second-order valence-corrected chi connectivity index (χ2v) is 5.30. The molecule has 3 heteroatoms. The van der Waals surface area contributed by atoms with Gasteiger partial charge in [-0.05, 0) is 6.42 Å². The molecule has 0 aromatic rings. The molecular formula is C3H7Cl2Zn. The number of halogens is 2. The molecule has 0 unspecified atom stereocenters. The predicted molar refractivity (Wildman–Crippen MR) is 27.4 cm³/mol. The molecule has 0 N–H and O–H groups in total. The summed E-state index contributed by atoms with van der Waals surface area (Å²) in [6.45, 7) is 4.00. The van der Waals surface area contributed by atoms with Gasteiger partial charge in [-0.2, -0.15) is 0 Å². The zero-order chi connectivity index (χ0) is 5.41. The Morgan fingerprint density at radius 1 is 1.33 bits per heavy atom. The summed E-state index contributed by atoms with van der Waals surface area (Å²) in [4.78, 5) is 0. The van der Waals surface area contributed by atoms with E-state index in [1.54, 1.807) is 0 Å². The Morgan fingerprint density at radius 3 is 1.33 bits per heavy atom. The van der Waals surface area contributed by atoms with Crippen LogP contribution in [-0.4, -0.2) is 0 Å². The van der Waals surface area contributed by atoms with Gasteiger partial charge in [-0.1, -0.05) is 13.8 Å². The zero-order valence-corrected chi connectivity index (χ0v) is 8.52. The van der Waals surface area contributed by atoms with E-state index < -0.39 is 15.1 Å². The Bertz CT molecular complexity index is 10.8. The van der Waals surface area contributed by atoms with Crippen LogP contribution in [0.5, 0.6) is 0 Å². The molecule has 35 valence electrons. The predicted octanol–water partition coefficient (Wildman–Crippen LogP) is 2.61. The Hall–Kier alpha value is 1.20. The average Bonchev–Trinajstić information content (AvgIpc) is 1.39. The van der Waals surface area contributed by atoms with Crippen molar-refractivity contribution in [2.24, 2.45) is 0 Å². The van der Waals surface area contributed by atoms with Crippen molar-refractivity contribution in [3.8, 4) is 0 Å². The van der Waals surface area contributed by atoms with Gasteiger partial charge in [0.25, 0.3) is 0 Å². The van der Waals surface area contributed by atoms with Crippen LogP contribution in [0, 0.1) is 6.42 Å². The summed E-state index contributed by atoms with van der Waals surface area (Å²) in [5.41, 5.74) is 0. The van der Waals surface area contributed by atoms with Crippen molar-refractivity contribution in [2.75, 3.05) is 0 Å². The Balaban J connectivity index is 0. The normalized spacial score (nSPS) is 4.67. The molecule has 0 aliphatic carbocycles. The van der Waals surface area contributed by atoms with E-state index in [1.165, 1.54) is 0 Å². The van der Waals surface area contributed by atoms with Crippen molar-refractivity contribution in [3.05, 3.63) is 6.42 Å². The molecule has 1 radical (unpaired) electrons. The first-order valence-electron chi connectivity index (χ1n) is 1.69. The molecule has 0 rings (SSSR count). The van der Waals surface area contributed by atoms with Crippen LogP contribution in [0.3, 0.4) is 0 Å². The topological polar surface area (TPSA) is 0 Å². The van der Waals surface area contributed by atoms with Crippen LogP contribution >= 0.6 is 19.4 Å². The van der Waals surface area contributed by atoms with Gasteiger partial charge in [0.05, 0.1) is 0 Å². The third-order valence-corrected chi connectivity index (χ3v) is 0. The molecule has 0 aromatic heterocycles. The van der Waals surface area contributed by atoms with Crippen LogP contribution in [0.2, 0.25) is 0 Å². The van der Waals surface area contributed by atoms with E-state index in [2.05, 4.69) is 0 Å². The van der Waals surface area contributed by atoms with Crippen molar-refractivity contribution in [1.82, 2.24) is 0 Å². The SMILES string of the molecule is C[CH]C.[Cl][Zn][Cl]. The van der Waals surface area contributed by atoms with Crippen molar-refractivity contribution in [1.29, 1.82) is 0 Å². The summed E-state index contributed by atoms with van der Waals surface area (Å²) < 4.78 is 0. The first-order valence-corrected chi connectivity index (χ1v) is 9.49. The zero-order valence-electron chi connectivity index (χ0n) is 4.04. The maximum atomic E-state index is 4.95. The van der Waals surface area contributed by atoms with Crippen molar-refractivity contribution in [3.63, 3.8) is 0 Å². The van der Waals surface area contributed by atoms with Crippen LogP contribution in [0.15, 0.2) is 0 Å². The fourth-order valence-corrected chi connectivity index (χ4v) is 0. The van der Waals surface area contributed by atoms with Gasteiger partial charge in [-0.15, -0.1) is 0 Å². The second-order valence-electron chi connectivity index (χ2n) is 0.678. The third kappa shape index (κ3) is 63.5. The van der Waals surface area contributed by atoms with Gasteiger partial charge in [0, 0.05) is 0 Å². The number of rotatable bonds is 0. The summed E-state index contributed by atoms with van der Waals surface area (Å²) in [5, 5.41) is 0. The molecular weight excluding hydrogens is 172 g/mol. The van der Waals surface area contributed by atoms with Crippen LogP contribution in [0.25, 0.3) is 0 Å². The van der Waals surface area contributed by atoms with Gasteiger partial charge in [0.15, 0.2) is 0 Å². The molecule has 0 spiro atoms. The quantitative estimate of drug-likeness (QED) is 0.502. The number of hydrogen-bond donors (Lipinski definition) is 0. The van der Waals surface area contributed by atoms with E-state index in [0.29, 0.717) is 0 Å². The Morgan fingerprint density at radius 2 is 1.33 bits per heavy atom. The van der Waals surface area contributed by atoms with Gasteiger partial charge in [-0.3, -0.25) is 0 Å². The van der Waals surface area contributed by atoms with E-state index in [9.17, 15) is 0 Å². The third-order valence-electron chi connectivity index (χ3n) is 0. The van der Waals surface area contributed by atoms with Crippen LogP contribution in [-0.2, 0) is 15.1 Å². The molecule has 0 atom stereocenters. The minimum atomic E-state index is -0.931. The molecule has 0 nitrogen and oxygen atoms in total. The van der Waals surface area contributed by atoms with Crippen molar-refractivity contribution < 1.29 is 15.1 Å². The molecule has 6 heavy (non-hydrogen) atoms. The maximum absolute atomic E-state index is 4.95.